The minimum absolute atomic E-state index is 0.657. The zero-order chi connectivity index (χ0) is 10.6. The molecule has 0 atom stereocenters. The van der Waals surface area contributed by atoms with Gasteiger partial charge in [0.15, 0.2) is 0 Å². The Balaban J connectivity index is 3.05. The highest BCUT2D eigenvalue weighted by atomic mass is 32.2. The average molecular weight is 206 g/mol. The molecular formula is C10H12N3S+. The van der Waals surface area contributed by atoms with E-state index in [9.17, 15) is 0 Å². The number of thioether (sulfide) groups is 1. The average Bonchev–Trinajstić information content (AvgIpc) is 2.27. The van der Waals surface area contributed by atoms with E-state index in [0.717, 1.165) is 10.9 Å². The molecule has 0 unspecified atom stereocenters. The molecule has 0 heterocycles. The Bertz CT molecular complexity index is 387. The van der Waals surface area contributed by atoms with Gasteiger partial charge in [0.2, 0.25) is 0 Å². The molecule has 0 bridgehead atoms. The molecule has 0 amide bonds. The molecule has 4 heteroatoms. The fraction of sp³-hybridized carbons (Fsp3) is 0.200. The van der Waals surface area contributed by atoms with Gasteiger partial charge in [-0.3, -0.25) is 5.73 Å². The molecule has 3 nitrogen and oxygen atoms in total. The number of hydrogen-bond acceptors (Lipinski definition) is 2. The Morgan fingerprint density at radius 2 is 2.00 bits per heavy atom. The molecule has 0 fully saturated rings. The molecule has 0 saturated heterocycles. The molecule has 0 radical (unpaired) electrons. The second kappa shape index (κ2) is 4.68. The second-order valence-electron chi connectivity index (χ2n) is 2.76. The topological polar surface area (TPSA) is 52.8 Å². The van der Waals surface area contributed by atoms with Crippen molar-refractivity contribution >= 4 is 22.6 Å². The summed E-state index contributed by atoms with van der Waals surface area (Å²) in [6.45, 7) is 0. The van der Waals surface area contributed by atoms with E-state index in [-0.39, 0.29) is 0 Å². The van der Waals surface area contributed by atoms with E-state index in [0.29, 0.717) is 5.56 Å². The molecule has 14 heavy (non-hydrogen) atoms. The van der Waals surface area contributed by atoms with Crippen LogP contribution in [0.15, 0.2) is 24.3 Å². The van der Waals surface area contributed by atoms with Crippen molar-refractivity contribution in [1.29, 1.82) is 5.26 Å². The number of amidine groups is 1. The predicted molar refractivity (Wildman–Crippen MR) is 59.7 cm³/mol. The molecule has 1 aromatic rings. The zero-order valence-electron chi connectivity index (χ0n) is 8.19. The van der Waals surface area contributed by atoms with Crippen molar-refractivity contribution in [3.63, 3.8) is 0 Å². The lowest BCUT2D eigenvalue weighted by Crippen LogP contribution is -2.18. The first-order valence-corrected chi connectivity index (χ1v) is 5.32. The van der Waals surface area contributed by atoms with Gasteiger partial charge >= 0.3 is 5.17 Å². The van der Waals surface area contributed by atoms with E-state index in [4.69, 9.17) is 11.0 Å². The van der Waals surface area contributed by atoms with Gasteiger partial charge in [0.05, 0.1) is 18.7 Å². The van der Waals surface area contributed by atoms with Gasteiger partial charge in [-0.15, -0.1) is 0 Å². The number of nitriles is 1. The van der Waals surface area contributed by atoms with Crippen LogP contribution in [0.2, 0.25) is 0 Å². The number of rotatable bonds is 1. The van der Waals surface area contributed by atoms with Gasteiger partial charge in [-0.05, 0) is 42.3 Å². The summed E-state index contributed by atoms with van der Waals surface area (Å²) >= 11 is 1.49. The molecule has 1 aromatic carbocycles. The van der Waals surface area contributed by atoms with Crippen LogP contribution >= 0.6 is 11.8 Å². The molecule has 0 aliphatic rings. The van der Waals surface area contributed by atoms with Crippen molar-refractivity contribution in [3.8, 4) is 6.07 Å². The summed E-state index contributed by atoms with van der Waals surface area (Å²) in [4.78, 5) is 0. The first-order chi connectivity index (χ1) is 6.69. The normalized spacial score (nSPS) is 11.8. The predicted octanol–water partition coefficient (Wildman–Crippen LogP) is 1.51. The van der Waals surface area contributed by atoms with E-state index in [1.165, 1.54) is 11.8 Å². The fourth-order valence-corrected chi connectivity index (χ4v) is 1.40. The Morgan fingerprint density at radius 1 is 1.43 bits per heavy atom. The fourth-order valence-electron chi connectivity index (χ4n) is 1.02. The minimum atomic E-state index is 0.657. The highest BCUT2D eigenvalue weighted by Gasteiger charge is 2.04. The van der Waals surface area contributed by atoms with E-state index in [1.807, 2.05) is 30.0 Å². The first-order valence-electron chi connectivity index (χ1n) is 4.09. The van der Waals surface area contributed by atoms with Crippen LogP contribution in [0.4, 0.5) is 5.69 Å². The third-order valence-electron chi connectivity index (χ3n) is 1.92. The van der Waals surface area contributed by atoms with Crippen molar-refractivity contribution in [2.24, 2.45) is 5.73 Å². The summed E-state index contributed by atoms with van der Waals surface area (Å²) in [6.07, 6.45) is 1.93. The molecule has 0 spiro atoms. The molecule has 2 N–H and O–H groups in total. The highest BCUT2D eigenvalue weighted by molar-refractivity contribution is 8.12. The SMILES string of the molecule is CSC(N)=[N+](C)c1ccc(C#N)cc1. The molecule has 72 valence electrons. The van der Waals surface area contributed by atoms with Gasteiger partial charge in [-0.1, -0.05) is 0 Å². The quantitative estimate of drug-likeness (QED) is 0.430. The standard InChI is InChI=1S/C10H11N3S/c1-13(10(12)14-2)9-5-3-8(7-11)4-6-9/h3-6,12H,1-2H3/p+1. The van der Waals surface area contributed by atoms with Crippen LogP contribution in [-0.4, -0.2) is 23.0 Å². The van der Waals surface area contributed by atoms with Crippen LogP contribution in [0.3, 0.4) is 0 Å². The van der Waals surface area contributed by atoms with Crippen LogP contribution in [0, 0.1) is 11.3 Å². The maximum absolute atomic E-state index is 8.62. The van der Waals surface area contributed by atoms with Crippen molar-refractivity contribution in [2.75, 3.05) is 13.3 Å². The lowest BCUT2D eigenvalue weighted by atomic mass is 10.2. The first kappa shape index (κ1) is 10.6. The van der Waals surface area contributed by atoms with Crippen molar-refractivity contribution < 1.29 is 4.58 Å². The number of nitrogens with two attached hydrogens (primary N) is 1. The minimum Gasteiger partial charge on any atom is -0.281 e. The van der Waals surface area contributed by atoms with Gasteiger partial charge in [-0.25, -0.2) is 4.58 Å². The van der Waals surface area contributed by atoms with Crippen molar-refractivity contribution in [1.82, 2.24) is 0 Å². The zero-order valence-corrected chi connectivity index (χ0v) is 9.01. The van der Waals surface area contributed by atoms with Gasteiger partial charge in [0, 0.05) is 0 Å². The van der Waals surface area contributed by atoms with Crippen LogP contribution in [0.25, 0.3) is 0 Å². The largest absolute Gasteiger partial charge is 0.308 e. The maximum Gasteiger partial charge on any atom is 0.308 e. The molecular weight excluding hydrogens is 194 g/mol. The molecule has 0 aromatic heterocycles. The lowest BCUT2D eigenvalue weighted by molar-refractivity contribution is -0.402. The third kappa shape index (κ3) is 2.27. The van der Waals surface area contributed by atoms with Gasteiger partial charge in [-0.2, -0.15) is 5.26 Å². The summed E-state index contributed by atoms with van der Waals surface area (Å²) in [5.41, 5.74) is 7.40. The molecule has 0 aliphatic carbocycles. The monoisotopic (exact) mass is 206 g/mol. The Hall–Kier alpha value is -1.47. The Morgan fingerprint density at radius 3 is 2.43 bits per heavy atom. The van der Waals surface area contributed by atoms with Crippen molar-refractivity contribution in [3.05, 3.63) is 29.8 Å². The number of benzene rings is 1. The summed E-state index contributed by atoms with van der Waals surface area (Å²) in [6, 6.07) is 9.38. The smallest absolute Gasteiger partial charge is 0.281 e. The van der Waals surface area contributed by atoms with E-state index in [1.54, 1.807) is 12.1 Å². The summed E-state index contributed by atoms with van der Waals surface area (Å²) in [7, 11) is 1.90. The van der Waals surface area contributed by atoms with Gasteiger partial charge in [0.25, 0.3) is 0 Å². The number of nitrogens with zero attached hydrogens (tertiary/aromatic N) is 2. The van der Waals surface area contributed by atoms with E-state index >= 15 is 0 Å². The molecule has 1 rings (SSSR count). The van der Waals surface area contributed by atoms with Gasteiger partial charge in [0.1, 0.15) is 5.69 Å². The summed E-state index contributed by atoms with van der Waals surface area (Å²) < 4.78 is 1.88. The van der Waals surface area contributed by atoms with Crippen molar-refractivity contribution in [2.45, 2.75) is 0 Å². The van der Waals surface area contributed by atoms with Crippen LogP contribution < -0.4 is 5.73 Å². The Kier molecular flexibility index (Phi) is 3.55. The van der Waals surface area contributed by atoms with Crippen LogP contribution in [-0.2, 0) is 0 Å². The van der Waals surface area contributed by atoms with E-state index < -0.39 is 0 Å². The second-order valence-corrected chi connectivity index (χ2v) is 3.59. The molecule has 0 aliphatic heterocycles. The third-order valence-corrected chi connectivity index (χ3v) is 2.62. The number of hydrogen-bond donors (Lipinski definition) is 1. The summed E-state index contributed by atoms with van der Waals surface area (Å²) in [5, 5.41) is 9.36. The van der Waals surface area contributed by atoms with E-state index in [2.05, 4.69) is 6.07 Å². The molecule has 0 saturated carbocycles. The lowest BCUT2D eigenvalue weighted by Gasteiger charge is -2.01. The summed E-state index contributed by atoms with van der Waals surface area (Å²) in [5.74, 6) is 0. The maximum atomic E-state index is 8.62. The Labute approximate surface area is 87.9 Å². The van der Waals surface area contributed by atoms with Crippen LogP contribution in [0.1, 0.15) is 5.56 Å². The van der Waals surface area contributed by atoms with Gasteiger partial charge < -0.3 is 0 Å². The van der Waals surface area contributed by atoms with Crippen LogP contribution in [0.5, 0.6) is 0 Å². The highest BCUT2D eigenvalue weighted by Crippen LogP contribution is 2.12.